The number of urea groups is 1. The van der Waals surface area contributed by atoms with E-state index in [4.69, 9.17) is 4.74 Å². The van der Waals surface area contributed by atoms with Crippen LogP contribution in [0.15, 0.2) is 0 Å². The zero-order valence-electron chi connectivity index (χ0n) is 11.5. The van der Waals surface area contributed by atoms with E-state index in [1.165, 1.54) is 4.90 Å². The topological polar surface area (TPSA) is 70.1 Å². The summed E-state index contributed by atoms with van der Waals surface area (Å²) < 4.78 is 5.41. The Hall–Kier alpha value is -1.30. The first-order valence-electron chi connectivity index (χ1n) is 6.89. The number of nitrogens with zero attached hydrogens (tertiary/aromatic N) is 2. The number of hydrogen-bond acceptors (Lipinski definition) is 3. The smallest absolute Gasteiger partial charge is 0.326 e. The molecule has 0 spiro atoms. The molecule has 2 rings (SSSR count). The first kappa shape index (κ1) is 14.1. The minimum Gasteiger partial charge on any atom is -0.480 e. The van der Waals surface area contributed by atoms with Crippen LogP contribution in [0.5, 0.6) is 0 Å². The van der Waals surface area contributed by atoms with Gasteiger partial charge in [-0.05, 0) is 25.7 Å². The summed E-state index contributed by atoms with van der Waals surface area (Å²) in [5.74, 6) is -0.546. The SMILES string of the molecule is CC1CCN(C(=O)N2CCOC(C)C2)C(C(=O)O)C1. The number of carboxylic acid groups (broad SMARTS) is 1. The van der Waals surface area contributed by atoms with Gasteiger partial charge in [-0.3, -0.25) is 0 Å². The lowest BCUT2D eigenvalue weighted by Gasteiger charge is -2.41. The molecular formula is C13H22N2O4. The van der Waals surface area contributed by atoms with Crippen molar-refractivity contribution in [3.05, 3.63) is 0 Å². The number of carboxylic acids is 1. The molecule has 2 aliphatic rings. The highest BCUT2D eigenvalue weighted by atomic mass is 16.5. The van der Waals surface area contributed by atoms with Gasteiger partial charge in [0.15, 0.2) is 0 Å². The highest BCUT2D eigenvalue weighted by molar-refractivity contribution is 5.83. The van der Waals surface area contributed by atoms with Gasteiger partial charge in [-0.2, -0.15) is 0 Å². The molecule has 0 aliphatic carbocycles. The largest absolute Gasteiger partial charge is 0.480 e. The van der Waals surface area contributed by atoms with Gasteiger partial charge >= 0.3 is 12.0 Å². The number of hydrogen-bond donors (Lipinski definition) is 1. The van der Waals surface area contributed by atoms with E-state index in [0.29, 0.717) is 38.6 Å². The fourth-order valence-electron chi connectivity index (χ4n) is 2.78. The third kappa shape index (κ3) is 3.18. The number of likely N-dealkylation sites (tertiary alicyclic amines) is 1. The maximum absolute atomic E-state index is 12.5. The predicted molar refractivity (Wildman–Crippen MR) is 68.9 cm³/mol. The lowest BCUT2D eigenvalue weighted by atomic mass is 9.92. The van der Waals surface area contributed by atoms with Crippen LogP contribution in [-0.4, -0.2) is 65.3 Å². The van der Waals surface area contributed by atoms with E-state index >= 15 is 0 Å². The second-order valence-electron chi connectivity index (χ2n) is 5.59. The monoisotopic (exact) mass is 270 g/mol. The van der Waals surface area contributed by atoms with Gasteiger partial charge in [-0.15, -0.1) is 0 Å². The Morgan fingerprint density at radius 1 is 1.26 bits per heavy atom. The van der Waals surface area contributed by atoms with Crippen molar-refractivity contribution in [2.24, 2.45) is 5.92 Å². The molecule has 1 N–H and O–H groups in total. The van der Waals surface area contributed by atoms with Gasteiger partial charge in [-0.1, -0.05) is 6.92 Å². The van der Waals surface area contributed by atoms with Crippen LogP contribution >= 0.6 is 0 Å². The maximum Gasteiger partial charge on any atom is 0.326 e. The minimum absolute atomic E-state index is 0.0182. The Bertz CT molecular complexity index is 361. The van der Waals surface area contributed by atoms with Crippen LogP contribution in [0.25, 0.3) is 0 Å². The zero-order valence-corrected chi connectivity index (χ0v) is 11.5. The molecule has 2 amide bonds. The van der Waals surface area contributed by atoms with Crippen molar-refractivity contribution < 1.29 is 19.4 Å². The summed E-state index contributed by atoms with van der Waals surface area (Å²) >= 11 is 0. The molecule has 0 aromatic rings. The number of carbonyl (C=O) groups is 2. The van der Waals surface area contributed by atoms with E-state index in [-0.39, 0.29) is 12.1 Å². The molecule has 2 fully saturated rings. The summed E-state index contributed by atoms with van der Waals surface area (Å²) in [5, 5.41) is 9.29. The molecule has 0 radical (unpaired) electrons. The lowest BCUT2D eigenvalue weighted by Crippen LogP contribution is -2.57. The third-order valence-electron chi connectivity index (χ3n) is 3.91. The maximum atomic E-state index is 12.5. The Morgan fingerprint density at radius 3 is 2.63 bits per heavy atom. The number of ether oxygens (including phenoxy) is 1. The van der Waals surface area contributed by atoms with E-state index in [1.54, 1.807) is 4.90 Å². The number of morpholine rings is 1. The van der Waals surface area contributed by atoms with Crippen molar-refractivity contribution in [2.75, 3.05) is 26.2 Å². The van der Waals surface area contributed by atoms with Crippen molar-refractivity contribution in [1.29, 1.82) is 0 Å². The fraction of sp³-hybridized carbons (Fsp3) is 0.846. The van der Waals surface area contributed by atoms with Crippen LogP contribution in [0, 0.1) is 5.92 Å². The van der Waals surface area contributed by atoms with Gasteiger partial charge in [0.05, 0.1) is 12.7 Å². The number of rotatable bonds is 1. The Labute approximate surface area is 113 Å². The number of aliphatic carboxylic acids is 1. The van der Waals surface area contributed by atoms with Gasteiger partial charge < -0.3 is 19.6 Å². The van der Waals surface area contributed by atoms with E-state index in [1.807, 2.05) is 13.8 Å². The van der Waals surface area contributed by atoms with Gasteiger partial charge in [0.25, 0.3) is 0 Å². The average Bonchev–Trinajstić information content (AvgIpc) is 2.37. The molecule has 2 heterocycles. The average molecular weight is 270 g/mol. The highest BCUT2D eigenvalue weighted by Crippen LogP contribution is 2.24. The number of piperidine rings is 1. The van der Waals surface area contributed by atoms with Gasteiger partial charge in [-0.25, -0.2) is 9.59 Å². The molecule has 6 nitrogen and oxygen atoms in total. The molecule has 6 heteroatoms. The van der Waals surface area contributed by atoms with Crippen LogP contribution in [0.3, 0.4) is 0 Å². The molecule has 2 aliphatic heterocycles. The van der Waals surface area contributed by atoms with Crippen LogP contribution in [0.1, 0.15) is 26.7 Å². The van der Waals surface area contributed by atoms with Crippen LogP contribution in [0.2, 0.25) is 0 Å². The summed E-state index contributed by atoms with van der Waals surface area (Å²) in [5.41, 5.74) is 0. The summed E-state index contributed by atoms with van der Waals surface area (Å²) in [6, 6.07) is -0.844. The van der Waals surface area contributed by atoms with Crippen molar-refractivity contribution in [2.45, 2.75) is 38.8 Å². The molecule has 2 saturated heterocycles. The molecule has 0 saturated carbocycles. The van der Waals surface area contributed by atoms with Crippen molar-refractivity contribution in [1.82, 2.24) is 9.80 Å². The first-order chi connectivity index (χ1) is 8.99. The van der Waals surface area contributed by atoms with Crippen LogP contribution in [-0.2, 0) is 9.53 Å². The second kappa shape index (κ2) is 5.77. The first-order valence-corrected chi connectivity index (χ1v) is 6.89. The predicted octanol–water partition coefficient (Wildman–Crippen LogP) is 1.01. The van der Waals surface area contributed by atoms with Gasteiger partial charge in [0.1, 0.15) is 6.04 Å². The summed E-state index contributed by atoms with van der Waals surface area (Å²) in [7, 11) is 0. The molecule has 0 bridgehead atoms. The summed E-state index contributed by atoms with van der Waals surface area (Å²) in [6.45, 7) is 6.09. The van der Waals surface area contributed by atoms with Crippen molar-refractivity contribution in [3.63, 3.8) is 0 Å². The minimum atomic E-state index is -0.902. The van der Waals surface area contributed by atoms with E-state index in [9.17, 15) is 14.7 Å². The Kier molecular flexibility index (Phi) is 4.29. The van der Waals surface area contributed by atoms with Crippen LogP contribution in [0.4, 0.5) is 4.79 Å². The van der Waals surface area contributed by atoms with E-state index < -0.39 is 12.0 Å². The van der Waals surface area contributed by atoms with Crippen LogP contribution < -0.4 is 0 Å². The molecule has 0 aromatic carbocycles. The zero-order chi connectivity index (χ0) is 14.0. The molecule has 3 atom stereocenters. The fourth-order valence-corrected chi connectivity index (χ4v) is 2.78. The molecule has 0 aromatic heterocycles. The van der Waals surface area contributed by atoms with Gasteiger partial charge in [0, 0.05) is 19.6 Å². The normalized spacial score (nSPS) is 32.2. The lowest BCUT2D eigenvalue weighted by molar-refractivity contribution is -0.144. The van der Waals surface area contributed by atoms with Crippen molar-refractivity contribution in [3.8, 4) is 0 Å². The second-order valence-corrected chi connectivity index (χ2v) is 5.59. The summed E-state index contributed by atoms with van der Waals surface area (Å²) in [4.78, 5) is 27.0. The standard InChI is InChI=1S/C13H22N2O4/c1-9-3-4-15(11(7-9)12(16)17)13(18)14-5-6-19-10(2)8-14/h9-11H,3-8H2,1-2H3,(H,16,17). The third-order valence-corrected chi connectivity index (χ3v) is 3.91. The molecular weight excluding hydrogens is 248 g/mol. The Balaban J connectivity index is 2.05. The van der Waals surface area contributed by atoms with E-state index in [2.05, 4.69) is 0 Å². The molecule has 3 unspecified atom stereocenters. The summed E-state index contributed by atoms with van der Waals surface area (Å²) in [6.07, 6.45) is 1.43. The van der Waals surface area contributed by atoms with E-state index in [0.717, 1.165) is 6.42 Å². The molecule has 108 valence electrons. The highest BCUT2D eigenvalue weighted by Gasteiger charge is 2.37. The Morgan fingerprint density at radius 2 is 2.00 bits per heavy atom. The number of amides is 2. The molecule has 19 heavy (non-hydrogen) atoms. The van der Waals surface area contributed by atoms with Gasteiger partial charge in [0.2, 0.25) is 0 Å². The number of carbonyl (C=O) groups excluding carboxylic acids is 1. The quantitative estimate of drug-likeness (QED) is 0.772. The van der Waals surface area contributed by atoms with Crippen molar-refractivity contribution >= 4 is 12.0 Å².